The first kappa shape index (κ1) is 16.9. The summed E-state index contributed by atoms with van der Waals surface area (Å²) in [5.74, 6) is 0.195. The van der Waals surface area contributed by atoms with Crippen molar-refractivity contribution in [2.24, 2.45) is 0 Å². The number of halogens is 1. The fourth-order valence-electron chi connectivity index (χ4n) is 1.84. The third-order valence-corrected chi connectivity index (χ3v) is 5.57. The molecule has 1 aromatic heterocycles. The van der Waals surface area contributed by atoms with Gasteiger partial charge >= 0.3 is 0 Å². The minimum Gasteiger partial charge on any atom is -0.330 e. The largest absolute Gasteiger partial charge is 0.330 e. The van der Waals surface area contributed by atoms with Crippen LogP contribution in [0.4, 0.5) is 16.5 Å². The van der Waals surface area contributed by atoms with Gasteiger partial charge in [0.05, 0.1) is 11.4 Å². The molecule has 2 aromatic carbocycles. The molecule has 3 rings (SSSR count). The van der Waals surface area contributed by atoms with Crippen LogP contribution >= 0.6 is 39.0 Å². The number of nitrogens with zero attached hydrogens (tertiary/aromatic N) is 2. The first-order valence-corrected chi connectivity index (χ1v) is 9.63. The molecule has 24 heavy (non-hydrogen) atoms. The average Bonchev–Trinajstić information content (AvgIpc) is 3.03. The van der Waals surface area contributed by atoms with Crippen molar-refractivity contribution in [1.82, 2.24) is 10.2 Å². The number of aromatic nitrogens is 2. The monoisotopic (exact) mass is 420 g/mol. The van der Waals surface area contributed by atoms with E-state index in [1.807, 2.05) is 54.6 Å². The van der Waals surface area contributed by atoms with Gasteiger partial charge in [0.25, 0.3) is 0 Å². The number of rotatable bonds is 6. The number of hydrogen-bond donors (Lipinski definition) is 2. The Kier molecular flexibility index (Phi) is 5.84. The molecule has 0 aliphatic heterocycles. The predicted octanol–water partition coefficient (Wildman–Crippen LogP) is 4.78. The van der Waals surface area contributed by atoms with E-state index >= 15 is 0 Å². The van der Waals surface area contributed by atoms with Gasteiger partial charge in [0.2, 0.25) is 11.0 Å². The van der Waals surface area contributed by atoms with E-state index in [2.05, 4.69) is 36.8 Å². The van der Waals surface area contributed by atoms with Crippen molar-refractivity contribution in [2.75, 3.05) is 16.4 Å². The van der Waals surface area contributed by atoms with Gasteiger partial charge in [-0.15, -0.1) is 10.2 Å². The first-order valence-electron chi connectivity index (χ1n) is 7.03. The predicted molar refractivity (Wildman–Crippen MR) is 103 cm³/mol. The highest BCUT2D eigenvalue weighted by Gasteiger charge is 2.09. The molecule has 1 heterocycles. The SMILES string of the molecule is O=C(CSc1nnc(Nc2ccccc2)s1)Nc1ccccc1Br. The lowest BCUT2D eigenvalue weighted by molar-refractivity contribution is -0.113. The third-order valence-electron chi connectivity index (χ3n) is 2.91. The highest BCUT2D eigenvalue weighted by Crippen LogP contribution is 2.28. The lowest BCUT2D eigenvalue weighted by Gasteiger charge is -2.05. The van der Waals surface area contributed by atoms with Crippen LogP contribution in [0.1, 0.15) is 0 Å². The van der Waals surface area contributed by atoms with Gasteiger partial charge in [0.1, 0.15) is 0 Å². The Hall–Kier alpha value is -1.90. The van der Waals surface area contributed by atoms with E-state index < -0.39 is 0 Å². The van der Waals surface area contributed by atoms with Gasteiger partial charge in [0, 0.05) is 10.2 Å². The smallest absolute Gasteiger partial charge is 0.234 e. The molecule has 5 nitrogen and oxygen atoms in total. The van der Waals surface area contributed by atoms with Gasteiger partial charge in [-0.25, -0.2) is 0 Å². The van der Waals surface area contributed by atoms with E-state index in [9.17, 15) is 4.79 Å². The van der Waals surface area contributed by atoms with Crippen molar-refractivity contribution >= 4 is 61.4 Å². The van der Waals surface area contributed by atoms with E-state index in [1.54, 1.807) is 0 Å². The molecule has 0 aliphatic carbocycles. The zero-order valence-corrected chi connectivity index (χ0v) is 15.6. The molecular formula is C16H13BrN4OS2. The molecule has 0 bridgehead atoms. The minimum atomic E-state index is -0.0836. The first-order chi connectivity index (χ1) is 11.7. The molecule has 0 fully saturated rings. The van der Waals surface area contributed by atoms with Gasteiger partial charge in [-0.2, -0.15) is 0 Å². The summed E-state index contributed by atoms with van der Waals surface area (Å²) in [4.78, 5) is 12.0. The molecule has 0 saturated carbocycles. The summed E-state index contributed by atoms with van der Waals surface area (Å²) in [5, 5.41) is 14.9. The van der Waals surface area contributed by atoms with Crippen LogP contribution in [0, 0.1) is 0 Å². The molecule has 0 unspecified atom stereocenters. The van der Waals surface area contributed by atoms with Crippen LogP contribution in [0.2, 0.25) is 0 Å². The second-order valence-electron chi connectivity index (χ2n) is 4.68. The summed E-state index contributed by atoms with van der Waals surface area (Å²) >= 11 is 6.19. The van der Waals surface area contributed by atoms with E-state index in [0.29, 0.717) is 5.13 Å². The summed E-state index contributed by atoms with van der Waals surface area (Å²) in [6.07, 6.45) is 0. The lowest BCUT2D eigenvalue weighted by atomic mass is 10.3. The van der Waals surface area contributed by atoms with Crippen LogP contribution in [0.25, 0.3) is 0 Å². The Morgan fingerprint density at radius 3 is 2.62 bits per heavy atom. The summed E-state index contributed by atoms with van der Waals surface area (Å²) in [6, 6.07) is 17.3. The fourth-order valence-corrected chi connectivity index (χ4v) is 3.80. The number of hydrogen-bond acceptors (Lipinski definition) is 6. The van der Waals surface area contributed by atoms with Gasteiger partial charge in [0.15, 0.2) is 4.34 Å². The van der Waals surface area contributed by atoms with Gasteiger partial charge in [-0.05, 0) is 40.2 Å². The number of para-hydroxylation sites is 2. The highest BCUT2D eigenvalue weighted by atomic mass is 79.9. The third kappa shape index (κ3) is 4.80. The summed E-state index contributed by atoms with van der Waals surface area (Å²) in [5.41, 5.74) is 1.71. The van der Waals surface area contributed by atoms with E-state index in [-0.39, 0.29) is 11.7 Å². The zero-order chi connectivity index (χ0) is 16.8. The molecule has 0 saturated heterocycles. The second kappa shape index (κ2) is 8.27. The maximum atomic E-state index is 12.0. The molecule has 8 heteroatoms. The van der Waals surface area contributed by atoms with E-state index in [4.69, 9.17) is 0 Å². The van der Waals surface area contributed by atoms with Crippen LogP contribution in [0.5, 0.6) is 0 Å². The molecule has 0 radical (unpaired) electrons. The van der Waals surface area contributed by atoms with E-state index in [0.717, 1.165) is 20.2 Å². The summed E-state index contributed by atoms with van der Waals surface area (Å²) < 4.78 is 1.60. The van der Waals surface area contributed by atoms with Crippen LogP contribution in [-0.4, -0.2) is 21.9 Å². The van der Waals surface area contributed by atoms with Crippen molar-refractivity contribution in [3.63, 3.8) is 0 Å². The van der Waals surface area contributed by atoms with Gasteiger partial charge in [-0.3, -0.25) is 4.79 Å². The topological polar surface area (TPSA) is 66.9 Å². The number of carbonyl (C=O) groups excluding carboxylic acids is 1. The highest BCUT2D eigenvalue weighted by molar-refractivity contribution is 9.10. The Morgan fingerprint density at radius 1 is 1.08 bits per heavy atom. The zero-order valence-electron chi connectivity index (χ0n) is 12.4. The number of benzene rings is 2. The van der Waals surface area contributed by atoms with E-state index in [1.165, 1.54) is 23.1 Å². The quantitative estimate of drug-likeness (QED) is 0.561. The number of amides is 1. The van der Waals surface area contributed by atoms with Crippen molar-refractivity contribution in [3.05, 3.63) is 59.1 Å². The van der Waals surface area contributed by atoms with Crippen molar-refractivity contribution in [3.8, 4) is 0 Å². The molecule has 2 N–H and O–H groups in total. The molecule has 0 spiro atoms. The van der Waals surface area contributed by atoms with Crippen molar-refractivity contribution in [1.29, 1.82) is 0 Å². The second-order valence-corrected chi connectivity index (χ2v) is 7.74. The molecular weight excluding hydrogens is 408 g/mol. The van der Waals surface area contributed by atoms with Crippen LogP contribution in [0.3, 0.4) is 0 Å². The standard InChI is InChI=1S/C16H13BrN4OS2/c17-12-8-4-5-9-13(12)19-14(22)10-23-16-21-20-15(24-16)18-11-6-2-1-3-7-11/h1-9H,10H2,(H,18,20)(H,19,22). The van der Waals surface area contributed by atoms with Crippen LogP contribution < -0.4 is 10.6 Å². The Labute approximate surface area is 156 Å². The number of anilines is 3. The Balaban J connectivity index is 1.52. The van der Waals surface area contributed by atoms with Crippen molar-refractivity contribution < 1.29 is 4.79 Å². The number of thioether (sulfide) groups is 1. The maximum absolute atomic E-state index is 12.0. The summed E-state index contributed by atoms with van der Waals surface area (Å²) in [7, 11) is 0. The van der Waals surface area contributed by atoms with Gasteiger partial charge in [-0.1, -0.05) is 53.4 Å². The lowest BCUT2D eigenvalue weighted by Crippen LogP contribution is -2.14. The molecule has 0 aliphatic rings. The molecule has 3 aromatic rings. The minimum absolute atomic E-state index is 0.0836. The van der Waals surface area contributed by atoms with Crippen molar-refractivity contribution in [2.45, 2.75) is 4.34 Å². The normalized spacial score (nSPS) is 10.4. The van der Waals surface area contributed by atoms with Crippen LogP contribution in [0.15, 0.2) is 63.4 Å². The molecule has 0 atom stereocenters. The molecule has 1 amide bonds. The van der Waals surface area contributed by atoms with Gasteiger partial charge < -0.3 is 10.6 Å². The number of nitrogens with one attached hydrogen (secondary N) is 2. The Bertz CT molecular complexity index is 826. The average molecular weight is 421 g/mol. The number of carbonyl (C=O) groups is 1. The fraction of sp³-hybridized carbons (Fsp3) is 0.0625. The summed E-state index contributed by atoms with van der Waals surface area (Å²) in [6.45, 7) is 0. The van der Waals surface area contributed by atoms with Crippen LogP contribution in [-0.2, 0) is 4.79 Å². The Morgan fingerprint density at radius 2 is 1.83 bits per heavy atom. The maximum Gasteiger partial charge on any atom is 0.234 e. The molecule has 122 valence electrons.